The van der Waals surface area contributed by atoms with Gasteiger partial charge in [-0.25, -0.2) is 4.98 Å². The molecule has 0 aliphatic carbocycles. The topological polar surface area (TPSA) is 84.4 Å². The van der Waals surface area contributed by atoms with Crippen LogP contribution in [0.3, 0.4) is 0 Å². The van der Waals surface area contributed by atoms with Crippen LogP contribution in [0.1, 0.15) is 34.7 Å². The van der Waals surface area contributed by atoms with Gasteiger partial charge in [0, 0.05) is 25.5 Å². The Morgan fingerprint density at radius 3 is 2.56 bits per heavy atom. The zero-order valence-electron chi connectivity index (χ0n) is 14.2. The summed E-state index contributed by atoms with van der Waals surface area (Å²) in [5.41, 5.74) is 1.09. The Labute approximate surface area is 146 Å². The number of hydrogen-bond acceptors (Lipinski definition) is 5. The minimum absolute atomic E-state index is 0.0194. The lowest BCUT2D eigenvalue weighted by molar-refractivity contribution is -0.0585. The SMILES string of the molecule is C[C@@H]1CN(C(=O)c2ccccc2NC(=O)c2cnccn2)C[C@H](C)O1. The van der Waals surface area contributed by atoms with Gasteiger partial charge in [0.15, 0.2) is 0 Å². The molecule has 7 nitrogen and oxygen atoms in total. The molecule has 2 atom stereocenters. The van der Waals surface area contributed by atoms with Gasteiger partial charge in [-0.1, -0.05) is 12.1 Å². The highest BCUT2D eigenvalue weighted by Gasteiger charge is 2.28. The van der Waals surface area contributed by atoms with Gasteiger partial charge in [0.1, 0.15) is 5.69 Å². The Morgan fingerprint density at radius 1 is 1.16 bits per heavy atom. The maximum atomic E-state index is 12.9. The molecule has 130 valence electrons. The number of nitrogens with one attached hydrogen (secondary N) is 1. The molecule has 0 saturated carbocycles. The number of benzene rings is 1. The summed E-state index contributed by atoms with van der Waals surface area (Å²) >= 11 is 0. The van der Waals surface area contributed by atoms with Gasteiger partial charge in [0.2, 0.25) is 0 Å². The summed E-state index contributed by atoms with van der Waals surface area (Å²) in [6, 6.07) is 6.96. The second kappa shape index (κ2) is 7.40. The summed E-state index contributed by atoms with van der Waals surface area (Å²) < 4.78 is 5.68. The zero-order chi connectivity index (χ0) is 17.8. The van der Waals surface area contributed by atoms with Crippen molar-refractivity contribution in [3.05, 3.63) is 54.1 Å². The molecule has 2 heterocycles. The first kappa shape index (κ1) is 17.0. The summed E-state index contributed by atoms with van der Waals surface area (Å²) in [5, 5.41) is 2.75. The van der Waals surface area contributed by atoms with Crippen LogP contribution in [0.4, 0.5) is 5.69 Å². The Balaban J connectivity index is 1.81. The number of carbonyl (C=O) groups excluding carboxylic acids is 2. The van der Waals surface area contributed by atoms with E-state index in [1.807, 2.05) is 13.8 Å². The lowest BCUT2D eigenvalue weighted by Gasteiger charge is -2.35. The highest BCUT2D eigenvalue weighted by Crippen LogP contribution is 2.21. The van der Waals surface area contributed by atoms with E-state index in [2.05, 4.69) is 15.3 Å². The molecule has 7 heteroatoms. The van der Waals surface area contributed by atoms with Gasteiger partial charge in [-0.15, -0.1) is 0 Å². The van der Waals surface area contributed by atoms with Crippen LogP contribution in [-0.2, 0) is 4.74 Å². The number of carbonyl (C=O) groups is 2. The fourth-order valence-electron chi connectivity index (χ4n) is 2.90. The molecule has 25 heavy (non-hydrogen) atoms. The number of morpholine rings is 1. The molecular formula is C18H20N4O3. The van der Waals surface area contributed by atoms with Crippen molar-refractivity contribution in [2.24, 2.45) is 0 Å². The van der Waals surface area contributed by atoms with Crippen molar-refractivity contribution in [3.8, 4) is 0 Å². The van der Waals surface area contributed by atoms with Gasteiger partial charge >= 0.3 is 0 Å². The molecule has 1 aliphatic rings. The zero-order valence-corrected chi connectivity index (χ0v) is 14.2. The first-order valence-corrected chi connectivity index (χ1v) is 8.15. The minimum atomic E-state index is -0.405. The van der Waals surface area contributed by atoms with Crippen LogP contribution >= 0.6 is 0 Å². The fraction of sp³-hybridized carbons (Fsp3) is 0.333. The largest absolute Gasteiger partial charge is 0.372 e. The molecule has 1 saturated heterocycles. The molecule has 1 aromatic carbocycles. The fourth-order valence-corrected chi connectivity index (χ4v) is 2.90. The van der Waals surface area contributed by atoms with Gasteiger partial charge in [-0.2, -0.15) is 0 Å². The van der Waals surface area contributed by atoms with E-state index in [9.17, 15) is 9.59 Å². The molecule has 0 unspecified atom stereocenters. The highest BCUT2D eigenvalue weighted by molar-refractivity contribution is 6.08. The summed E-state index contributed by atoms with van der Waals surface area (Å²) in [4.78, 5) is 34.8. The van der Waals surface area contributed by atoms with Crippen LogP contribution in [-0.4, -0.2) is 52.0 Å². The van der Waals surface area contributed by atoms with Crippen molar-refractivity contribution in [3.63, 3.8) is 0 Å². The van der Waals surface area contributed by atoms with E-state index in [1.165, 1.54) is 18.6 Å². The lowest BCUT2D eigenvalue weighted by atomic mass is 10.1. The Morgan fingerprint density at radius 2 is 1.88 bits per heavy atom. The van der Waals surface area contributed by atoms with Crippen LogP contribution in [0.25, 0.3) is 0 Å². The lowest BCUT2D eigenvalue weighted by Crippen LogP contribution is -2.48. The summed E-state index contributed by atoms with van der Waals surface area (Å²) in [6.07, 6.45) is 4.28. The maximum absolute atomic E-state index is 12.9. The first-order chi connectivity index (χ1) is 12.0. The molecule has 0 bridgehead atoms. The molecule has 3 rings (SSSR count). The third-order valence-electron chi connectivity index (χ3n) is 3.91. The maximum Gasteiger partial charge on any atom is 0.275 e. The number of aromatic nitrogens is 2. The second-order valence-electron chi connectivity index (χ2n) is 6.06. The first-order valence-electron chi connectivity index (χ1n) is 8.15. The number of rotatable bonds is 3. The van der Waals surface area contributed by atoms with E-state index < -0.39 is 5.91 Å². The van der Waals surface area contributed by atoms with E-state index in [1.54, 1.807) is 29.2 Å². The molecule has 2 aromatic rings. The molecule has 1 aliphatic heterocycles. The van der Waals surface area contributed by atoms with Gasteiger partial charge in [0.25, 0.3) is 11.8 Å². The van der Waals surface area contributed by atoms with Crippen molar-refractivity contribution in [2.75, 3.05) is 18.4 Å². The summed E-state index contributed by atoms with van der Waals surface area (Å²) in [5.74, 6) is -0.533. The van der Waals surface area contributed by atoms with Crippen molar-refractivity contribution in [2.45, 2.75) is 26.1 Å². The monoisotopic (exact) mass is 340 g/mol. The molecule has 0 spiro atoms. The highest BCUT2D eigenvalue weighted by atomic mass is 16.5. The molecular weight excluding hydrogens is 320 g/mol. The van der Waals surface area contributed by atoms with Crippen LogP contribution in [0.5, 0.6) is 0 Å². The van der Waals surface area contributed by atoms with Crippen molar-refractivity contribution < 1.29 is 14.3 Å². The van der Waals surface area contributed by atoms with E-state index in [4.69, 9.17) is 4.74 Å². The predicted molar refractivity (Wildman–Crippen MR) is 92.3 cm³/mol. The van der Waals surface area contributed by atoms with E-state index in [0.29, 0.717) is 24.3 Å². The number of nitrogens with zero attached hydrogens (tertiary/aromatic N) is 3. The normalized spacial score (nSPS) is 20.2. The van der Waals surface area contributed by atoms with E-state index in [0.717, 1.165) is 0 Å². The van der Waals surface area contributed by atoms with E-state index >= 15 is 0 Å². The smallest absolute Gasteiger partial charge is 0.275 e. The summed E-state index contributed by atoms with van der Waals surface area (Å²) in [6.45, 7) is 4.93. The Hall–Kier alpha value is -2.80. The molecule has 1 N–H and O–H groups in total. The molecule has 0 radical (unpaired) electrons. The predicted octanol–water partition coefficient (Wildman–Crippen LogP) is 1.98. The van der Waals surface area contributed by atoms with Crippen molar-refractivity contribution in [1.29, 1.82) is 0 Å². The third kappa shape index (κ3) is 4.00. The van der Waals surface area contributed by atoms with Crippen LogP contribution in [0.2, 0.25) is 0 Å². The second-order valence-corrected chi connectivity index (χ2v) is 6.06. The summed E-state index contributed by atoms with van der Waals surface area (Å²) in [7, 11) is 0. The molecule has 1 fully saturated rings. The number of ether oxygens (including phenoxy) is 1. The Kier molecular flexibility index (Phi) is 5.04. The number of hydrogen-bond donors (Lipinski definition) is 1. The molecule has 1 aromatic heterocycles. The van der Waals surface area contributed by atoms with Crippen molar-refractivity contribution in [1.82, 2.24) is 14.9 Å². The average molecular weight is 340 g/mol. The standard InChI is InChI=1S/C18H20N4O3/c1-12-10-22(11-13(2)25-12)18(24)14-5-3-4-6-15(14)21-17(23)16-9-19-7-8-20-16/h3-9,12-13H,10-11H2,1-2H3,(H,21,23)/t12-,13+. The molecule has 2 amide bonds. The number of anilines is 1. The van der Waals surface area contributed by atoms with Crippen LogP contribution in [0, 0.1) is 0 Å². The van der Waals surface area contributed by atoms with Gasteiger partial charge in [0.05, 0.1) is 29.7 Å². The average Bonchev–Trinajstić information content (AvgIpc) is 2.61. The Bertz CT molecular complexity index is 756. The van der Waals surface area contributed by atoms with Gasteiger partial charge in [-0.05, 0) is 26.0 Å². The van der Waals surface area contributed by atoms with Gasteiger partial charge in [-0.3, -0.25) is 14.6 Å². The van der Waals surface area contributed by atoms with Crippen LogP contribution in [0.15, 0.2) is 42.9 Å². The minimum Gasteiger partial charge on any atom is -0.372 e. The number of amides is 2. The number of para-hydroxylation sites is 1. The van der Waals surface area contributed by atoms with Gasteiger partial charge < -0.3 is 15.0 Å². The van der Waals surface area contributed by atoms with E-state index in [-0.39, 0.29) is 23.8 Å². The van der Waals surface area contributed by atoms with Crippen LogP contribution < -0.4 is 5.32 Å². The quantitative estimate of drug-likeness (QED) is 0.923. The van der Waals surface area contributed by atoms with Crippen molar-refractivity contribution >= 4 is 17.5 Å². The third-order valence-corrected chi connectivity index (χ3v) is 3.91.